The lowest BCUT2D eigenvalue weighted by Gasteiger charge is -2.08. The predicted molar refractivity (Wildman–Crippen MR) is 120 cm³/mol. The summed E-state index contributed by atoms with van der Waals surface area (Å²) in [6.45, 7) is 6.45. The van der Waals surface area contributed by atoms with Gasteiger partial charge in [0, 0.05) is 25.3 Å². The summed E-state index contributed by atoms with van der Waals surface area (Å²) in [5, 5.41) is 2.72. The van der Waals surface area contributed by atoms with E-state index in [1.165, 1.54) is 57.8 Å². The van der Waals surface area contributed by atoms with Crippen LogP contribution in [0.25, 0.3) is 0 Å². The Morgan fingerprint density at radius 2 is 1.10 bits per heavy atom. The molecular weight excluding hydrogens is 382 g/mol. The van der Waals surface area contributed by atoms with Gasteiger partial charge in [-0.05, 0) is 20.3 Å². The number of ether oxygens (including phenoxy) is 2. The van der Waals surface area contributed by atoms with E-state index in [0.29, 0.717) is 12.8 Å². The van der Waals surface area contributed by atoms with Crippen LogP contribution in [0, 0.1) is 0 Å². The fourth-order valence-corrected chi connectivity index (χ4v) is 3.12. The largest absolute Gasteiger partial charge is 0.466 e. The van der Waals surface area contributed by atoms with Crippen LogP contribution in [-0.4, -0.2) is 37.1 Å². The molecule has 0 fully saturated rings. The minimum atomic E-state index is -0.402. The molecular formula is C24H45NO5. The molecule has 0 aliphatic heterocycles. The first-order valence-corrected chi connectivity index (χ1v) is 12.1. The second-order valence-electron chi connectivity index (χ2n) is 8.30. The van der Waals surface area contributed by atoms with Crippen LogP contribution in [0.4, 0.5) is 0 Å². The Bertz CT molecular complexity index is 451. The summed E-state index contributed by atoms with van der Waals surface area (Å²) in [5.41, 5.74) is 0. The SMILES string of the molecule is CCCCCCCCCCCCCC(=O)OCCCOC(=O)CCC(=O)NC(C)C. The Hall–Kier alpha value is -1.59. The highest BCUT2D eigenvalue weighted by molar-refractivity contribution is 5.81. The molecule has 0 aliphatic carbocycles. The summed E-state index contributed by atoms with van der Waals surface area (Å²) in [6.07, 6.45) is 14.9. The second-order valence-corrected chi connectivity index (χ2v) is 8.30. The monoisotopic (exact) mass is 427 g/mol. The summed E-state index contributed by atoms with van der Waals surface area (Å²) < 4.78 is 10.2. The van der Waals surface area contributed by atoms with Gasteiger partial charge in [0.1, 0.15) is 0 Å². The minimum absolute atomic E-state index is 0.0633. The van der Waals surface area contributed by atoms with Gasteiger partial charge in [-0.15, -0.1) is 0 Å². The topological polar surface area (TPSA) is 81.7 Å². The van der Waals surface area contributed by atoms with Crippen molar-refractivity contribution in [2.75, 3.05) is 13.2 Å². The molecule has 0 saturated heterocycles. The number of hydrogen-bond acceptors (Lipinski definition) is 5. The molecule has 1 amide bonds. The van der Waals surface area contributed by atoms with Gasteiger partial charge in [-0.3, -0.25) is 14.4 Å². The molecule has 0 atom stereocenters. The van der Waals surface area contributed by atoms with E-state index in [0.717, 1.165) is 12.8 Å². The molecule has 0 aromatic rings. The lowest BCUT2D eigenvalue weighted by Crippen LogP contribution is -2.30. The fraction of sp³-hybridized carbons (Fsp3) is 0.875. The molecule has 0 radical (unpaired) electrons. The van der Waals surface area contributed by atoms with E-state index in [1.807, 2.05) is 13.8 Å². The van der Waals surface area contributed by atoms with Gasteiger partial charge in [-0.1, -0.05) is 71.1 Å². The number of esters is 2. The van der Waals surface area contributed by atoms with Crippen molar-refractivity contribution in [3.05, 3.63) is 0 Å². The van der Waals surface area contributed by atoms with Gasteiger partial charge in [0.15, 0.2) is 0 Å². The highest BCUT2D eigenvalue weighted by Crippen LogP contribution is 2.12. The molecule has 0 aliphatic rings. The van der Waals surface area contributed by atoms with Crippen LogP contribution in [0.5, 0.6) is 0 Å². The molecule has 176 valence electrons. The van der Waals surface area contributed by atoms with Gasteiger partial charge in [0.05, 0.1) is 19.6 Å². The van der Waals surface area contributed by atoms with E-state index in [9.17, 15) is 14.4 Å². The number of amides is 1. The van der Waals surface area contributed by atoms with Crippen molar-refractivity contribution in [1.82, 2.24) is 5.32 Å². The first-order valence-electron chi connectivity index (χ1n) is 12.1. The van der Waals surface area contributed by atoms with Gasteiger partial charge >= 0.3 is 11.9 Å². The quantitative estimate of drug-likeness (QED) is 0.206. The lowest BCUT2D eigenvalue weighted by atomic mass is 10.1. The lowest BCUT2D eigenvalue weighted by molar-refractivity contribution is -0.147. The highest BCUT2D eigenvalue weighted by atomic mass is 16.5. The average Bonchev–Trinajstić information content (AvgIpc) is 2.69. The molecule has 0 bridgehead atoms. The molecule has 6 heteroatoms. The van der Waals surface area contributed by atoms with E-state index in [-0.39, 0.29) is 44.0 Å². The normalized spacial score (nSPS) is 10.8. The van der Waals surface area contributed by atoms with Gasteiger partial charge < -0.3 is 14.8 Å². The minimum Gasteiger partial charge on any atom is -0.466 e. The zero-order valence-electron chi connectivity index (χ0n) is 19.6. The Labute approximate surface area is 183 Å². The summed E-state index contributed by atoms with van der Waals surface area (Å²) in [5.74, 6) is -0.734. The van der Waals surface area contributed by atoms with Crippen molar-refractivity contribution in [3.8, 4) is 0 Å². The summed E-state index contributed by atoms with van der Waals surface area (Å²) in [4.78, 5) is 34.7. The summed E-state index contributed by atoms with van der Waals surface area (Å²) >= 11 is 0. The zero-order chi connectivity index (χ0) is 22.5. The Morgan fingerprint density at radius 3 is 1.60 bits per heavy atom. The number of hydrogen-bond donors (Lipinski definition) is 1. The molecule has 30 heavy (non-hydrogen) atoms. The number of unbranched alkanes of at least 4 members (excludes halogenated alkanes) is 10. The van der Waals surface area contributed by atoms with Crippen LogP contribution in [0.3, 0.4) is 0 Å². The van der Waals surface area contributed by atoms with Crippen molar-refractivity contribution < 1.29 is 23.9 Å². The van der Waals surface area contributed by atoms with Crippen molar-refractivity contribution in [2.24, 2.45) is 0 Å². The second kappa shape index (κ2) is 20.7. The van der Waals surface area contributed by atoms with Gasteiger partial charge in [0.2, 0.25) is 5.91 Å². The van der Waals surface area contributed by atoms with E-state index >= 15 is 0 Å². The molecule has 6 nitrogen and oxygen atoms in total. The maximum Gasteiger partial charge on any atom is 0.306 e. The molecule has 0 unspecified atom stereocenters. The van der Waals surface area contributed by atoms with Crippen LogP contribution < -0.4 is 5.32 Å². The van der Waals surface area contributed by atoms with Gasteiger partial charge in [0.25, 0.3) is 0 Å². The molecule has 0 aromatic heterocycles. The maximum atomic E-state index is 11.7. The van der Waals surface area contributed by atoms with E-state index in [1.54, 1.807) is 0 Å². The van der Waals surface area contributed by atoms with Crippen molar-refractivity contribution in [3.63, 3.8) is 0 Å². The summed E-state index contributed by atoms with van der Waals surface area (Å²) in [6, 6.07) is 0.0633. The molecule has 0 heterocycles. The zero-order valence-corrected chi connectivity index (χ0v) is 19.6. The van der Waals surface area contributed by atoms with Crippen LogP contribution in [-0.2, 0) is 23.9 Å². The molecule has 0 rings (SSSR count). The van der Waals surface area contributed by atoms with Crippen LogP contribution in [0.1, 0.15) is 117 Å². The number of carbonyl (C=O) groups is 3. The van der Waals surface area contributed by atoms with E-state index in [4.69, 9.17) is 9.47 Å². The van der Waals surface area contributed by atoms with Gasteiger partial charge in [-0.2, -0.15) is 0 Å². The first-order chi connectivity index (χ1) is 14.5. The Morgan fingerprint density at radius 1 is 0.633 bits per heavy atom. The van der Waals surface area contributed by atoms with E-state index in [2.05, 4.69) is 12.2 Å². The summed E-state index contributed by atoms with van der Waals surface area (Å²) in [7, 11) is 0. The number of rotatable bonds is 20. The van der Waals surface area contributed by atoms with Gasteiger partial charge in [-0.25, -0.2) is 0 Å². The third-order valence-corrected chi connectivity index (χ3v) is 4.81. The number of nitrogens with one attached hydrogen (secondary N) is 1. The smallest absolute Gasteiger partial charge is 0.306 e. The standard InChI is InChI=1S/C24H45NO5/c1-4-5-6-7-8-9-10-11-12-13-14-16-23(27)29-19-15-20-30-24(28)18-17-22(26)25-21(2)3/h21H,4-20H2,1-3H3,(H,25,26). The first kappa shape index (κ1) is 28.4. The molecule has 1 N–H and O–H groups in total. The van der Waals surface area contributed by atoms with Crippen molar-refractivity contribution in [1.29, 1.82) is 0 Å². The van der Waals surface area contributed by atoms with Crippen LogP contribution in [0.2, 0.25) is 0 Å². The fourth-order valence-electron chi connectivity index (χ4n) is 3.12. The van der Waals surface area contributed by atoms with Crippen molar-refractivity contribution in [2.45, 2.75) is 123 Å². The third kappa shape index (κ3) is 21.1. The molecule has 0 aromatic carbocycles. The van der Waals surface area contributed by atoms with Crippen molar-refractivity contribution >= 4 is 17.8 Å². The molecule has 0 spiro atoms. The van der Waals surface area contributed by atoms with E-state index < -0.39 is 5.97 Å². The van der Waals surface area contributed by atoms with Crippen LogP contribution in [0.15, 0.2) is 0 Å². The number of carbonyl (C=O) groups excluding carboxylic acids is 3. The predicted octanol–water partition coefficient (Wildman–Crippen LogP) is 5.47. The van der Waals surface area contributed by atoms with Crippen LogP contribution >= 0.6 is 0 Å². The third-order valence-electron chi connectivity index (χ3n) is 4.81. The molecule has 0 saturated carbocycles. The maximum absolute atomic E-state index is 11.7. The Kier molecular flexibility index (Phi) is 19.6. The highest BCUT2D eigenvalue weighted by Gasteiger charge is 2.09. The Balaban J connectivity index is 3.37. The average molecular weight is 428 g/mol.